The Bertz CT molecular complexity index is 541. The average Bonchev–Trinajstić information content (AvgIpc) is 2.52. The van der Waals surface area contributed by atoms with E-state index in [9.17, 15) is 4.79 Å². The molecule has 0 aliphatic carbocycles. The van der Waals surface area contributed by atoms with Crippen molar-refractivity contribution in [3.8, 4) is 0 Å². The van der Waals surface area contributed by atoms with Crippen LogP contribution in [0.5, 0.6) is 0 Å². The van der Waals surface area contributed by atoms with E-state index in [0.717, 1.165) is 17.8 Å². The number of carbonyl (C=O) groups excluding carboxylic acids is 1. The highest BCUT2D eigenvalue weighted by molar-refractivity contribution is 5.89. The zero-order chi connectivity index (χ0) is 14.2. The number of esters is 1. The van der Waals surface area contributed by atoms with Gasteiger partial charge in [-0.2, -0.15) is 0 Å². The Kier molecular flexibility index (Phi) is 5.06. The second-order valence-corrected chi connectivity index (χ2v) is 4.27. The summed E-state index contributed by atoms with van der Waals surface area (Å²) in [7, 11) is 0. The number of hydrogen-bond acceptors (Lipinski definition) is 5. The van der Waals surface area contributed by atoms with Crippen molar-refractivity contribution in [2.75, 3.05) is 11.9 Å². The van der Waals surface area contributed by atoms with Crippen LogP contribution in [0.2, 0.25) is 0 Å². The molecule has 0 radical (unpaired) electrons. The largest absolute Gasteiger partial charge is 0.462 e. The summed E-state index contributed by atoms with van der Waals surface area (Å²) in [5.41, 5.74) is 2.40. The molecule has 1 aromatic heterocycles. The van der Waals surface area contributed by atoms with Gasteiger partial charge in [0.1, 0.15) is 6.33 Å². The molecule has 1 N–H and O–H groups in total. The van der Waals surface area contributed by atoms with Crippen LogP contribution < -0.4 is 5.32 Å². The van der Waals surface area contributed by atoms with Gasteiger partial charge in [-0.3, -0.25) is 0 Å². The number of nitrogens with one attached hydrogen (secondary N) is 1. The smallest absolute Gasteiger partial charge is 0.338 e. The molecule has 2 aromatic rings. The van der Waals surface area contributed by atoms with Gasteiger partial charge in [-0.15, -0.1) is 0 Å². The molecular formula is C15H17N3O2. The normalized spacial score (nSPS) is 10.1. The number of anilines is 1. The highest BCUT2D eigenvalue weighted by atomic mass is 16.5. The molecule has 2 rings (SSSR count). The van der Waals surface area contributed by atoms with Crippen LogP contribution in [0, 0.1) is 0 Å². The molecule has 0 saturated heterocycles. The number of ether oxygens (including phenoxy) is 1. The van der Waals surface area contributed by atoms with E-state index in [4.69, 9.17) is 4.74 Å². The van der Waals surface area contributed by atoms with Crippen LogP contribution in [0.4, 0.5) is 5.69 Å². The number of rotatable bonds is 6. The summed E-state index contributed by atoms with van der Waals surface area (Å²) in [6.07, 6.45) is 4.05. The predicted octanol–water partition coefficient (Wildman–Crippen LogP) is 2.66. The first kappa shape index (κ1) is 14.0. The van der Waals surface area contributed by atoms with E-state index in [0.29, 0.717) is 18.7 Å². The quantitative estimate of drug-likeness (QED) is 0.818. The summed E-state index contributed by atoms with van der Waals surface area (Å²) < 4.78 is 5.07. The molecule has 5 nitrogen and oxygen atoms in total. The lowest BCUT2D eigenvalue weighted by Crippen LogP contribution is -2.06. The van der Waals surface area contributed by atoms with Crippen LogP contribution in [-0.2, 0) is 11.3 Å². The van der Waals surface area contributed by atoms with Gasteiger partial charge in [0, 0.05) is 11.9 Å². The average molecular weight is 271 g/mol. The van der Waals surface area contributed by atoms with Crippen LogP contribution in [0.1, 0.15) is 29.4 Å². The second kappa shape index (κ2) is 7.23. The first-order valence-corrected chi connectivity index (χ1v) is 6.55. The Balaban J connectivity index is 1.90. The van der Waals surface area contributed by atoms with Crippen molar-refractivity contribution >= 4 is 11.7 Å². The number of carbonyl (C=O) groups is 1. The van der Waals surface area contributed by atoms with E-state index in [1.165, 1.54) is 6.33 Å². The van der Waals surface area contributed by atoms with Gasteiger partial charge in [0.2, 0.25) is 0 Å². The van der Waals surface area contributed by atoms with Gasteiger partial charge >= 0.3 is 5.97 Å². The predicted molar refractivity (Wildman–Crippen MR) is 76.4 cm³/mol. The van der Waals surface area contributed by atoms with Crippen molar-refractivity contribution in [1.82, 2.24) is 9.97 Å². The first-order chi connectivity index (χ1) is 9.79. The molecule has 5 heteroatoms. The van der Waals surface area contributed by atoms with Crippen LogP contribution in [0.15, 0.2) is 42.9 Å². The topological polar surface area (TPSA) is 64.1 Å². The summed E-state index contributed by atoms with van der Waals surface area (Å²) >= 11 is 0. The Morgan fingerprint density at radius 1 is 1.25 bits per heavy atom. The van der Waals surface area contributed by atoms with Gasteiger partial charge in [-0.1, -0.05) is 6.92 Å². The molecule has 0 amide bonds. The molecule has 1 aromatic carbocycles. The third-order valence-electron chi connectivity index (χ3n) is 2.67. The maximum atomic E-state index is 11.6. The highest BCUT2D eigenvalue weighted by Crippen LogP contribution is 2.11. The minimum Gasteiger partial charge on any atom is -0.462 e. The molecule has 0 aliphatic heterocycles. The maximum absolute atomic E-state index is 11.6. The molecule has 104 valence electrons. The Morgan fingerprint density at radius 3 is 2.70 bits per heavy atom. The third kappa shape index (κ3) is 4.05. The minimum atomic E-state index is -0.283. The molecular weight excluding hydrogens is 254 g/mol. The van der Waals surface area contributed by atoms with Gasteiger partial charge < -0.3 is 10.1 Å². The van der Waals surface area contributed by atoms with E-state index in [1.54, 1.807) is 18.3 Å². The first-order valence-electron chi connectivity index (χ1n) is 6.55. The second-order valence-electron chi connectivity index (χ2n) is 4.27. The lowest BCUT2D eigenvalue weighted by Gasteiger charge is -2.07. The number of hydrogen-bond donors (Lipinski definition) is 1. The molecule has 1 heterocycles. The molecule has 0 bridgehead atoms. The fourth-order valence-electron chi connectivity index (χ4n) is 1.62. The van der Waals surface area contributed by atoms with E-state index < -0.39 is 0 Å². The zero-order valence-corrected chi connectivity index (χ0v) is 11.4. The fraction of sp³-hybridized carbons (Fsp3) is 0.267. The number of nitrogens with zero attached hydrogens (tertiary/aromatic N) is 2. The Hall–Kier alpha value is -2.43. The van der Waals surface area contributed by atoms with Crippen LogP contribution in [-0.4, -0.2) is 22.5 Å². The van der Waals surface area contributed by atoms with E-state index in [2.05, 4.69) is 15.3 Å². The number of benzene rings is 1. The molecule has 0 fully saturated rings. The van der Waals surface area contributed by atoms with Crippen molar-refractivity contribution in [1.29, 1.82) is 0 Å². The summed E-state index contributed by atoms with van der Waals surface area (Å²) in [6, 6.07) is 9.05. The maximum Gasteiger partial charge on any atom is 0.338 e. The minimum absolute atomic E-state index is 0.283. The molecule has 0 saturated carbocycles. The molecule has 0 spiro atoms. The van der Waals surface area contributed by atoms with Crippen molar-refractivity contribution < 1.29 is 9.53 Å². The fourth-order valence-corrected chi connectivity index (χ4v) is 1.62. The van der Waals surface area contributed by atoms with Crippen LogP contribution in [0.3, 0.4) is 0 Å². The van der Waals surface area contributed by atoms with Crippen molar-refractivity contribution in [2.24, 2.45) is 0 Å². The third-order valence-corrected chi connectivity index (χ3v) is 2.67. The summed E-state index contributed by atoms with van der Waals surface area (Å²) in [5, 5.41) is 3.23. The molecule has 0 atom stereocenters. The lowest BCUT2D eigenvalue weighted by atomic mass is 10.2. The van der Waals surface area contributed by atoms with E-state index in [1.807, 2.05) is 25.1 Å². The summed E-state index contributed by atoms with van der Waals surface area (Å²) in [4.78, 5) is 19.6. The summed E-state index contributed by atoms with van der Waals surface area (Å²) in [5.74, 6) is -0.283. The standard InChI is InChI=1S/C15H17N3O2/c1-2-9-20-15(19)12-3-5-13(6-4-12)17-10-14-7-8-16-11-18-14/h3-8,11,17H,2,9-10H2,1H3. The number of aromatic nitrogens is 2. The van der Waals surface area contributed by atoms with Crippen molar-refractivity contribution in [3.63, 3.8) is 0 Å². The Morgan fingerprint density at radius 2 is 2.05 bits per heavy atom. The molecule has 0 aliphatic rings. The molecule has 20 heavy (non-hydrogen) atoms. The SMILES string of the molecule is CCCOC(=O)c1ccc(NCc2ccncn2)cc1. The van der Waals surface area contributed by atoms with Gasteiger partial charge in [-0.05, 0) is 36.8 Å². The molecule has 0 unspecified atom stereocenters. The van der Waals surface area contributed by atoms with Crippen LogP contribution in [0.25, 0.3) is 0 Å². The zero-order valence-electron chi connectivity index (χ0n) is 11.4. The van der Waals surface area contributed by atoms with Gasteiger partial charge in [0.05, 0.1) is 24.4 Å². The van der Waals surface area contributed by atoms with Gasteiger partial charge in [-0.25, -0.2) is 14.8 Å². The van der Waals surface area contributed by atoms with Crippen LogP contribution >= 0.6 is 0 Å². The lowest BCUT2D eigenvalue weighted by molar-refractivity contribution is 0.0505. The van der Waals surface area contributed by atoms with E-state index >= 15 is 0 Å². The highest BCUT2D eigenvalue weighted by Gasteiger charge is 2.05. The van der Waals surface area contributed by atoms with Gasteiger partial charge in [0.25, 0.3) is 0 Å². The Labute approximate surface area is 118 Å². The van der Waals surface area contributed by atoms with Gasteiger partial charge in [0.15, 0.2) is 0 Å². The monoisotopic (exact) mass is 271 g/mol. The summed E-state index contributed by atoms with van der Waals surface area (Å²) in [6.45, 7) is 3.03. The van der Waals surface area contributed by atoms with Crippen molar-refractivity contribution in [2.45, 2.75) is 19.9 Å². The van der Waals surface area contributed by atoms with E-state index in [-0.39, 0.29) is 5.97 Å². The van der Waals surface area contributed by atoms with Crippen molar-refractivity contribution in [3.05, 3.63) is 54.1 Å².